The maximum atomic E-state index is 11.0. The Hall–Kier alpha value is -2.06. The first-order valence-electron chi connectivity index (χ1n) is 6.25. The van der Waals surface area contributed by atoms with Gasteiger partial charge in [-0.05, 0) is 12.1 Å². The summed E-state index contributed by atoms with van der Waals surface area (Å²) < 4.78 is 5.44. The Labute approximate surface area is 125 Å². The first-order valence-corrected chi connectivity index (χ1v) is 6.63. The van der Waals surface area contributed by atoms with Crippen molar-refractivity contribution in [1.82, 2.24) is 4.90 Å². The van der Waals surface area contributed by atoms with E-state index in [2.05, 4.69) is 5.32 Å². The number of rotatable bonds is 4. The van der Waals surface area contributed by atoms with Crippen molar-refractivity contribution in [2.75, 3.05) is 31.6 Å². The third kappa shape index (κ3) is 3.73. The minimum Gasteiger partial charge on any atom is -0.465 e. The number of nitrogens with zero attached hydrogens (tertiary/aromatic N) is 2. The number of anilines is 1. The van der Waals surface area contributed by atoms with E-state index in [1.165, 1.54) is 11.0 Å². The van der Waals surface area contributed by atoms with Crippen molar-refractivity contribution >= 4 is 29.1 Å². The highest BCUT2D eigenvalue weighted by Gasteiger charge is 2.25. The molecule has 1 aliphatic rings. The summed E-state index contributed by atoms with van der Waals surface area (Å²) in [6.45, 7) is 1.10. The Morgan fingerprint density at radius 1 is 1.62 bits per heavy atom. The van der Waals surface area contributed by atoms with Crippen molar-refractivity contribution in [3.05, 3.63) is 33.3 Å². The second-order valence-electron chi connectivity index (χ2n) is 4.50. The van der Waals surface area contributed by atoms with Crippen LogP contribution in [0.3, 0.4) is 0 Å². The molecule has 1 aliphatic heterocycles. The zero-order valence-corrected chi connectivity index (χ0v) is 11.7. The van der Waals surface area contributed by atoms with Crippen LogP contribution in [0.15, 0.2) is 18.2 Å². The van der Waals surface area contributed by atoms with E-state index in [0.717, 1.165) is 0 Å². The second kappa shape index (κ2) is 6.59. The second-order valence-corrected chi connectivity index (χ2v) is 4.90. The predicted octanol–water partition coefficient (Wildman–Crippen LogP) is 2.04. The van der Waals surface area contributed by atoms with Crippen molar-refractivity contribution in [1.29, 1.82) is 0 Å². The lowest BCUT2D eigenvalue weighted by Gasteiger charge is -2.31. The maximum absolute atomic E-state index is 11.0. The molecule has 1 atom stereocenters. The standard InChI is InChI=1S/C12H14ClN3O5/c13-9-2-1-3-10(11(9)16(19)20)14-6-8-7-15(12(17)18)4-5-21-8/h1-3,8,14H,4-7H2,(H,17,18). The first kappa shape index (κ1) is 15.3. The molecule has 1 unspecified atom stereocenters. The van der Waals surface area contributed by atoms with Crippen molar-refractivity contribution in [3.8, 4) is 0 Å². The number of carboxylic acid groups (broad SMARTS) is 1. The molecule has 1 amide bonds. The molecule has 0 aromatic heterocycles. The zero-order valence-electron chi connectivity index (χ0n) is 11.0. The molecule has 9 heteroatoms. The van der Waals surface area contributed by atoms with Crippen LogP contribution in [0.4, 0.5) is 16.2 Å². The van der Waals surface area contributed by atoms with Crippen LogP contribution in [0.25, 0.3) is 0 Å². The average molecular weight is 316 g/mol. The summed E-state index contributed by atoms with van der Waals surface area (Å²) >= 11 is 5.81. The van der Waals surface area contributed by atoms with Crippen molar-refractivity contribution in [2.45, 2.75) is 6.10 Å². The smallest absolute Gasteiger partial charge is 0.407 e. The fourth-order valence-corrected chi connectivity index (χ4v) is 2.33. The van der Waals surface area contributed by atoms with Gasteiger partial charge in [0.25, 0.3) is 0 Å². The van der Waals surface area contributed by atoms with Gasteiger partial charge in [0, 0.05) is 13.1 Å². The van der Waals surface area contributed by atoms with E-state index < -0.39 is 11.0 Å². The zero-order chi connectivity index (χ0) is 15.4. The molecule has 114 valence electrons. The van der Waals surface area contributed by atoms with E-state index in [9.17, 15) is 14.9 Å². The summed E-state index contributed by atoms with van der Waals surface area (Å²) in [4.78, 5) is 22.6. The van der Waals surface area contributed by atoms with Gasteiger partial charge in [-0.15, -0.1) is 0 Å². The molecule has 0 spiro atoms. The number of para-hydroxylation sites is 1. The summed E-state index contributed by atoms with van der Waals surface area (Å²) in [5.74, 6) is 0. The van der Waals surface area contributed by atoms with Crippen LogP contribution < -0.4 is 5.32 Å². The topological polar surface area (TPSA) is 105 Å². The number of benzene rings is 1. The Morgan fingerprint density at radius 2 is 2.38 bits per heavy atom. The lowest BCUT2D eigenvalue weighted by molar-refractivity contribution is -0.383. The Bertz CT molecular complexity index is 554. The highest BCUT2D eigenvalue weighted by atomic mass is 35.5. The van der Waals surface area contributed by atoms with Gasteiger partial charge in [-0.1, -0.05) is 17.7 Å². The molecule has 1 fully saturated rings. The van der Waals surface area contributed by atoms with Crippen LogP contribution in [0, 0.1) is 10.1 Å². The number of ether oxygens (including phenoxy) is 1. The third-order valence-electron chi connectivity index (χ3n) is 3.10. The van der Waals surface area contributed by atoms with E-state index >= 15 is 0 Å². The number of nitrogens with one attached hydrogen (secondary N) is 1. The van der Waals surface area contributed by atoms with Gasteiger partial charge in [-0.2, -0.15) is 0 Å². The van der Waals surface area contributed by atoms with Gasteiger partial charge in [0.1, 0.15) is 10.7 Å². The summed E-state index contributed by atoms with van der Waals surface area (Å²) in [5, 5.41) is 22.9. The highest BCUT2D eigenvalue weighted by molar-refractivity contribution is 6.33. The number of carbonyl (C=O) groups is 1. The summed E-state index contributed by atoms with van der Waals surface area (Å²) in [5.41, 5.74) is 0.0774. The molecule has 0 aliphatic carbocycles. The fourth-order valence-electron chi connectivity index (χ4n) is 2.08. The number of hydrogen-bond donors (Lipinski definition) is 2. The molecule has 1 aromatic carbocycles. The molecule has 0 radical (unpaired) electrons. The quantitative estimate of drug-likeness (QED) is 0.650. The predicted molar refractivity (Wildman–Crippen MR) is 75.9 cm³/mol. The van der Waals surface area contributed by atoms with E-state index in [-0.39, 0.29) is 35.6 Å². The Kier molecular flexibility index (Phi) is 4.81. The van der Waals surface area contributed by atoms with E-state index in [4.69, 9.17) is 21.4 Å². The van der Waals surface area contributed by atoms with E-state index in [0.29, 0.717) is 13.2 Å². The molecular weight excluding hydrogens is 302 g/mol. The van der Waals surface area contributed by atoms with Gasteiger partial charge >= 0.3 is 11.8 Å². The molecular formula is C12H14ClN3O5. The minimum atomic E-state index is -1.00. The molecule has 1 heterocycles. The average Bonchev–Trinajstić information content (AvgIpc) is 2.45. The SMILES string of the molecule is O=C(O)N1CCOC(CNc2cccc(Cl)c2[N+](=O)[O-])C1. The van der Waals surface area contributed by atoms with Crippen molar-refractivity contribution in [3.63, 3.8) is 0 Å². The van der Waals surface area contributed by atoms with Gasteiger partial charge in [-0.3, -0.25) is 10.1 Å². The van der Waals surface area contributed by atoms with Gasteiger partial charge in [0.15, 0.2) is 0 Å². The van der Waals surface area contributed by atoms with Crippen LogP contribution in [0.2, 0.25) is 5.02 Å². The number of hydrogen-bond acceptors (Lipinski definition) is 5. The van der Waals surface area contributed by atoms with Gasteiger partial charge in [0.2, 0.25) is 0 Å². The van der Waals surface area contributed by atoms with E-state index in [1.54, 1.807) is 12.1 Å². The number of nitro groups is 1. The maximum Gasteiger partial charge on any atom is 0.407 e. The summed E-state index contributed by atoms with van der Waals surface area (Å²) in [7, 11) is 0. The minimum absolute atomic E-state index is 0.0433. The summed E-state index contributed by atoms with van der Waals surface area (Å²) in [6.07, 6.45) is -1.37. The first-order chi connectivity index (χ1) is 9.99. The molecule has 2 rings (SSSR count). The molecule has 0 bridgehead atoms. The van der Waals surface area contributed by atoms with Gasteiger partial charge < -0.3 is 20.1 Å². The number of morpholine rings is 1. The Morgan fingerprint density at radius 3 is 3.05 bits per heavy atom. The van der Waals surface area contributed by atoms with Crippen molar-refractivity contribution < 1.29 is 19.6 Å². The van der Waals surface area contributed by atoms with Gasteiger partial charge in [-0.25, -0.2) is 4.79 Å². The molecule has 0 saturated carbocycles. The highest BCUT2D eigenvalue weighted by Crippen LogP contribution is 2.32. The van der Waals surface area contributed by atoms with Crippen molar-refractivity contribution in [2.24, 2.45) is 0 Å². The van der Waals surface area contributed by atoms with Gasteiger partial charge in [0.05, 0.1) is 24.2 Å². The van der Waals surface area contributed by atoms with Crippen LogP contribution in [0.1, 0.15) is 0 Å². The van der Waals surface area contributed by atoms with E-state index in [1.807, 2.05) is 0 Å². The normalized spacial score (nSPS) is 18.3. The molecule has 21 heavy (non-hydrogen) atoms. The fraction of sp³-hybridized carbons (Fsp3) is 0.417. The van der Waals surface area contributed by atoms with Crippen LogP contribution in [0.5, 0.6) is 0 Å². The Balaban J connectivity index is 2.02. The summed E-state index contributed by atoms with van der Waals surface area (Å²) in [6, 6.07) is 4.58. The van der Waals surface area contributed by atoms with Crippen LogP contribution in [-0.2, 0) is 4.74 Å². The van der Waals surface area contributed by atoms with Crippen LogP contribution in [-0.4, -0.2) is 53.4 Å². The molecule has 1 saturated heterocycles. The number of amides is 1. The number of nitro benzene ring substituents is 1. The lowest BCUT2D eigenvalue weighted by atomic mass is 10.2. The largest absolute Gasteiger partial charge is 0.465 e. The number of halogens is 1. The monoisotopic (exact) mass is 315 g/mol. The lowest BCUT2D eigenvalue weighted by Crippen LogP contribution is -2.47. The van der Waals surface area contributed by atoms with Crippen LogP contribution >= 0.6 is 11.6 Å². The molecule has 1 aromatic rings. The molecule has 2 N–H and O–H groups in total. The molecule has 8 nitrogen and oxygen atoms in total. The third-order valence-corrected chi connectivity index (χ3v) is 3.40.